The molecule has 2 saturated heterocycles. The number of pyridine rings is 2. The summed E-state index contributed by atoms with van der Waals surface area (Å²) in [5.74, 6) is 1.81. The summed E-state index contributed by atoms with van der Waals surface area (Å²) in [6.07, 6.45) is 6.09. The molecule has 0 spiro atoms. The Balaban J connectivity index is 0.000000152. The Labute approximate surface area is 274 Å². The minimum atomic E-state index is -0.275. The van der Waals surface area contributed by atoms with Crippen LogP contribution in [-0.2, 0) is 0 Å². The maximum atomic E-state index is 12.0. The van der Waals surface area contributed by atoms with Gasteiger partial charge in [0.1, 0.15) is 34.2 Å². The van der Waals surface area contributed by atoms with E-state index in [0.717, 1.165) is 86.2 Å². The lowest BCUT2D eigenvalue weighted by molar-refractivity contribution is 0.480. The first-order valence-corrected chi connectivity index (χ1v) is 15.7. The number of anilines is 2. The fraction of sp³-hybridized carbons (Fsp3) is 0.235. The molecule has 2 aliphatic heterocycles. The van der Waals surface area contributed by atoms with Gasteiger partial charge in [-0.15, -0.1) is 0 Å². The highest BCUT2D eigenvalue weighted by Crippen LogP contribution is 2.31. The van der Waals surface area contributed by atoms with Crippen molar-refractivity contribution in [2.45, 2.75) is 0 Å². The summed E-state index contributed by atoms with van der Waals surface area (Å²) >= 11 is 0. The number of benzene rings is 2. The normalized spacial score (nSPS) is 14.9. The number of hydrogen-bond acceptors (Lipinski definition) is 12. The molecule has 0 unspecified atom stereocenters. The van der Waals surface area contributed by atoms with Gasteiger partial charge in [0.25, 0.3) is 11.1 Å². The minimum Gasteiger partial charge on any atom is -0.506 e. The molecule has 0 aliphatic carbocycles. The van der Waals surface area contributed by atoms with Gasteiger partial charge in [-0.2, -0.15) is 0 Å². The van der Waals surface area contributed by atoms with E-state index in [1.54, 1.807) is 36.7 Å². The van der Waals surface area contributed by atoms with Gasteiger partial charge in [0.15, 0.2) is 0 Å². The second-order valence-electron chi connectivity index (χ2n) is 11.5. The van der Waals surface area contributed by atoms with E-state index in [1.165, 1.54) is 12.7 Å². The fourth-order valence-electron chi connectivity index (χ4n) is 5.96. The van der Waals surface area contributed by atoms with Gasteiger partial charge in [-0.05, 0) is 65.2 Å². The maximum Gasteiger partial charge on any atom is 0.258 e. The molecule has 244 valence electrons. The summed E-state index contributed by atoms with van der Waals surface area (Å²) in [5, 5.41) is 27.7. The molecule has 8 rings (SSSR count). The molecule has 0 radical (unpaired) electrons. The van der Waals surface area contributed by atoms with Crippen molar-refractivity contribution >= 4 is 33.4 Å². The number of piperazine rings is 2. The van der Waals surface area contributed by atoms with Gasteiger partial charge in [-0.3, -0.25) is 9.59 Å². The highest BCUT2D eigenvalue weighted by Gasteiger charge is 2.15. The van der Waals surface area contributed by atoms with Crippen molar-refractivity contribution in [2.24, 2.45) is 0 Å². The Bertz CT molecular complexity index is 2190. The van der Waals surface area contributed by atoms with Crippen LogP contribution in [0.5, 0.6) is 11.5 Å². The van der Waals surface area contributed by atoms with Gasteiger partial charge < -0.3 is 40.6 Å². The number of phenols is 2. The van der Waals surface area contributed by atoms with Crippen molar-refractivity contribution in [1.29, 1.82) is 0 Å². The zero-order valence-corrected chi connectivity index (χ0v) is 26.0. The molecule has 4 aromatic heterocycles. The average Bonchev–Trinajstić information content (AvgIpc) is 3.13. The highest BCUT2D eigenvalue weighted by atomic mass is 16.3. The highest BCUT2D eigenvalue weighted by molar-refractivity contribution is 5.90. The number of phenolic OH excluding ortho intramolecular Hbond substituents is 2. The van der Waals surface area contributed by atoms with E-state index in [1.807, 2.05) is 24.3 Å². The quantitative estimate of drug-likeness (QED) is 0.164. The lowest BCUT2D eigenvalue weighted by Gasteiger charge is -2.28. The molecule has 48 heavy (non-hydrogen) atoms. The molecular formula is C34H34N10O4. The van der Waals surface area contributed by atoms with Crippen LogP contribution in [0.25, 0.3) is 44.1 Å². The Kier molecular flexibility index (Phi) is 8.64. The minimum absolute atomic E-state index is 0.00543. The van der Waals surface area contributed by atoms with Crippen LogP contribution in [-0.4, -0.2) is 92.5 Å². The van der Waals surface area contributed by atoms with E-state index in [9.17, 15) is 19.8 Å². The number of rotatable bonds is 4. The van der Waals surface area contributed by atoms with Crippen LogP contribution in [0.2, 0.25) is 0 Å². The van der Waals surface area contributed by atoms with Crippen molar-refractivity contribution in [1.82, 2.24) is 40.5 Å². The van der Waals surface area contributed by atoms with Crippen molar-refractivity contribution in [3.63, 3.8) is 0 Å². The fourth-order valence-corrected chi connectivity index (χ4v) is 5.96. The monoisotopic (exact) mass is 646 g/mol. The van der Waals surface area contributed by atoms with Crippen molar-refractivity contribution < 1.29 is 10.2 Å². The molecule has 14 nitrogen and oxygen atoms in total. The van der Waals surface area contributed by atoms with E-state index in [2.05, 4.69) is 50.3 Å². The van der Waals surface area contributed by atoms with Gasteiger partial charge in [0.05, 0.1) is 23.4 Å². The standard InChI is InChI=1S/2C17H17N5O2/c23-14-8-12(7-13-16(14)20-10-21-17(13)24)11-1-2-19-15(9-11)22-5-3-18-4-6-22;23-14-8-12(7-13-16(14)20-10-21-17(13)24)11-1-2-15(19-9-11)22-5-3-18-4-6-22/h2*1-2,7-10,18,23H,3-6H2,(H,20,21,24). The molecule has 0 saturated carbocycles. The van der Waals surface area contributed by atoms with Crippen LogP contribution >= 0.6 is 0 Å². The average molecular weight is 647 g/mol. The topological polar surface area (TPSA) is 188 Å². The first-order chi connectivity index (χ1) is 23.4. The largest absolute Gasteiger partial charge is 0.506 e. The van der Waals surface area contributed by atoms with Gasteiger partial charge in [0.2, 0.25) is 0 Å². The molecule has 0 bridgehead atoms. The van der Waals surface area contributed by atoms with Crippen molar-refractivity contribution in [3.8, 4) is 33.8 Å². The van der Waals surface area contributed by atoms with Crippen LogP contribution in [0.4, 0.5) is 11.6 Å². The molecule has 14 heteroatoms. The number of aromatic hydroxyl groups is 2. The second kappa shape index (κ2) is 13.5. The molecular weight excluding hydrogens is 612 g/mol. The Hall–Kier alpha value is -5.86. The molecule has 0 amide bonds. The Morgan fingerprint density at radius 2 is 1.10 bits per heavy atom. The lowest BCUT2D eigenvalue weighted by atomic mass is 10.0. The van der Waals surface area contributed by atoms with Crippen LogP contribution in [0, 0.1) is 0 Å². The second-order valence-corrected chi connectivity index (χ2v) is 11.5. The van der Waals surface area contributed by atoms with Crippen molar-refractivity contribution in [3.05, 3.63) is 94.3 Å². The smallest absolute Gasteiger partial charge is 0.258 e. The number of nitrogens with one attached hydrogen (secondary N) is 4. The molecule has 2 fully saturated rings. The maximum absolute atomic E-state index is 12.0. The number of nitrogens with zero attached hydrogens (tertiary/aromatic N) is 6. The summed E-state index contributed by atoms with van der Waals surface area (Å²) < 4.78 is 0. The third kappa shape index (κ3) is 6.38. The van der Waals surface area contributed by atoms with E-state index >= 15 is 0 Å². The summed E-state index contributed by atoms with van der Waals surface area (Å²) in [4.78, 5) is 50.5. The molecule has 0 atom stereocenters. The number of fused-ring (bicyclic) bond motifs is 2. The lowest BCUT2D eigenvalue weighted by Crippen LogP contribution is -2.43. The molecule has 2 aliphatic rings. The zero-order valence-electron chi connectivity index (χ0n) is 26.0. The summed E-state index contributed by atoms with van der Waals surface area (Å²) in [6, 6.07) is 14.5. The number of H-pyrrole nitrogens is 2. The van der Waals surface area contributed by atoms with Crippen LogP contribution in [0.15, 0.2) is 83.2 Å². The van der Waals surface area contributed by atoms with Gasteiger partial charge >= 0.3 is 0 Å². The third-order valence-electron chi connectivity index (χ3n) is 8.49. The van der Waals surface area contributed by atoms with E-state index < -0.39 is 0 Å². The van der Waals surface area contributed by atoms with Crippen LogP contribution in [0.1, 0.15) is 0 Å². The van der Waals surface area contributed by atoms with Gasteiger partial charge in [0, 0.05) is 70.3 Å². The first kappa shape index (κ1) is 30.8. The summed E-state index contributed by atoms with van der Waals surface area (Å²) in [6.45, 7) is 7.46. The molecule has 6 aromatic rings. The van der Waals surface area contributed by atoms with Crippen LogP contribution in [0.3, 0.4) is 0 Å². The molecule has 2 aromatic carbocycles. The Morgan fingerprint density at radius 1 is 0.562 bits per heavy atom. The number of aromatic nitrogens is 6. The van der Waals surface area contributed by atoms with E-state index in [0.29, 0.717) is 21.8 Å². The summed E-state index contributed by atoms with van der Waals surface area (Å²) in [5.41, 5.74) is 3.30. The number of hydrogen-bond donors (Lipinski definition) is 6. The molecule has 6 N–H and O–H groups in total. The van der Waals surface area contributed by atoms with E-state index in [4.69, 9.17) is 0 Å². The predicted molar refractivity (Wildman–Crippen MR) is 185 cm³/mol. The van der Waals surface area contributed by atoms with Gasteiger partial charge in [-0.1, -0.05) is 0 Å². The third-order valence-corrected chi connectivity index (χ3v) is 8.49. The number of aromatic amines is 2. The zero-order chi connectivity index (χ0) is 33.0. The first-order valence-electron chi connectivity index (χ1n) is 15.7. The van der Waals surface area contributed by atoms with Crippen molar-refractivity contribution in [2.75, 3.05) is 62.2 Å². The Morgan fingerprint density at radius 3 is 1.65 bits per heavy atom. The van der Waals surface area contributed by atoms with Crippen LogP contribution < -0.4 is 31.6 Å². The van der Waals surface area contributed by atoms with E-state index in [-0.39, 0.29) is 22.6 Å². The predicted octanol–water partition coefficient (Wildman–Crippen LogP) is 2.20. The summed E-state index contributed by atoms with van der Waals surface area (Å²) in [7, 11) is 0. The molecule has 6 heterocycles. The SMILES string of the molecule is O=c1[nH]cnc2c(O)cc(-c3ccc(N4CCNCC4)nc3)cc12.O=c1[nH]cnc2c(O)cc(-c3ccnc(N4CCNCC4)c3)cc12. The van der Waals surface area contributed by atoms with Gasteiger partial charge in [-0.25, -0.2) is 19.9 Å².